The SMILES string of the molecule is CCC1(c2noc(-c3ccnc(N4CCN(CCCc5ccc6c(c5)n(C)c(=O)n6C5CCC(=O)NC5=O)CC4)n3)n2)CCC(C)(CNC(=O)c2cc(F)c(O)c(F)c2F)CC1. The number of rotatable bonds is 12. The van der Waals surface area contributed by atoms with Gasteiger partial charge in [0, 0.05) is 57.8 Å². The van der Waals surface area contributed by atoms with E-state index in [1.165, 1.54) is 4.57 Å². The molecule has 1 aliphatic carbocycles. The summed E-state index contributed by atoms with van der Waals surface area (Å²) in [4.78, 5) is 68.8. The first kappa shape index (κ1) is 42.6. The number of carbonyl (C=O) groups is 3. The number of aromatic hydroxyl groups is 1. The van der Waals surface area contributed by atoms with E-state index in [0.717, 1.165) is 63.1 Å². The van der Waals surface area contributed by atoms with Crippen molar-refractivity contribution in [3.05, 3.63) is 81.4 Å². The van der Waals surface area contributed by atoms with Crippen molar-refractivity contribution in [1.82, 2.24) is 44.8 Å². The van der Waals surface area contributed by atoms with Gasteiger partial charge >= 0.3 is 5.69 Å². The summed E-state index contributed by atoms with van der Waals surface area (Å²) >= 11 is 0. The molecule has 0 radical (unpaired) electrons. The van der Waals surface area contributed by atoms with Crippen LogP contribution in [0.2, 0.25) is 0 Å². The maximum absolute atomic E-state index is 14.3. The number of amides is 3. The van der Waals surface area contributed by atoms with Crippen LogP contribution in [0, 0.1) is 22.9 Å². The van der Waals surface area contributed by atoms with E-state index in [1.54, 1.807) is 23.9 Å². The van der Waals surface area contributed by atoms with Crippen molar-refractivity contribution in [2.75, 3.05) is 44.2 Å². The standard InChI is InChI=1S/C43H49F3N10O6/c1-4-43(14-12-42(2,13-15-43)24-48-36(59)26-23-27(44)35(58)34(46)33(26)45)39-51-38(62-52-39)28-11-16-47-40(49-28)55-20-18-54(19-21-55)17-5-6-25-7-8-29-31(22-25)53(3)41(61)56(29)30-9-10-32(57)50-37(30)60/h7-8,11,16,22-23,30,58H,4-6,9-10,12-15,17-21,24H2,1-3H3,(H,48,59)(H,50,57,60). The lowest BCUT2D eigenvalue weighted by Crippen LogP contribution is -2.47. The largest absolute Gasteiger partial charge is 0.503 e. The summed E-state index contributed by atoms with van der Waals surface area (Å²) < 4.78 is 50.8. The summed E-state index contributed by atoms with van der Waals surface area (Å²) in [6, 6.07) is 7.41. The minimum atomic E-state index is -1.81. The van der Waals surface area contributed by atoms with Gasteiger partial charge in [-0.15, -0.1) is 0 Å². The Hall–Kier alpha value is -6.11. The van der Waals surface area contributed by atoms with Crippen LogP contribution < -0.4 is 21.2 Å². The third-order valence-electron chi connectivity index (χ3n) is 13.2. The molecule has 3 aliphatic rings. The van der Waals surface area contributed by atoms with Crippen LogP contribution in [0.3, 0.4) is 0 Å². The fourth-order valence-electron chi connectivity index (χ4n) is 9.02. The number of hydrogen-bond acceptors (Lipinski definition) is 12. The second-order valence-corrected chi connectivity index (χ2v) is 17.1. The summed E-state index contributed by atoms with van der Waals surface area (Å²) in [6.07, 6.45) is 7.33. The number of benzene rings is 2. The number of nitrogens with zero attached hydrogens (tertiary/aromatic N) is 8. The normalized spacial score (nSPS) is 22.3. The Morgan fingerprint density at radius 3 is 2.48 bits per heavy atom. The second-order valence-electron chi connectivity index (χ2n) is 17.1. The molecule has 3 fully saturated rings. The number of piperazine rings is 1. The molecule has 2 aromatic carbocycles. The van der Waals surface area contributed by atoms with Crippen LogP contribution in [-0.4, -0.2) is 96.2 Å². The van der Waals surface area contributed by atoms with E-state index < -0.39 is 46.6 Å². The first-order valence-electron chi connectivity index (χ1n) is 21.0. The zero-order chi connectivity index (χ0) is 43.9. The highest BCUT2D eigenvalue weighted by Crippen LogP contribution is 2.48. The summed E-state index contributed by atoms with van der Waals surface area (Å²) in [7, 11) is 1.70. The Kier molecular flexibility index (Phi) is 11.7. The van der Waals surface area contributed by atoms with Gasteiger partial charge in [0.25, 0.3) is 11.8 Å². The summed E-state index contributed by atoms with van der Waals surface area (Å²) in [5.74, 6) is -6.61. The maximum atomic E-state index is 14.3. The molecule has 0 spiro atoms. The third-order valence-corrected chi connectivity index (χ3v) is 13.2. The van der Waals surface area contributed by atoms with E-state index in [4.69, 9.17) is 14.5 Å². The lowest BCUT2D eigenvalue weighted by atomic mass is 9.63. The number of fused-ring (bicyclic) bond motifs is 1. The van der Waals surface area contributed by atoms with Crippen molar-refractivity contribution in [1.29, 1.82) is 0 Å². The molecule has 62 heavy (non-hydrogen) atoms. The number of nitrogens with one attached hydrogen (secondary N) is 2. The third kappa shape index (κ3) is 8.16. The van der Waals surface area contributed by atoms with Crippen molar-refractivity contribution in [3.8, 4) is 17.3 Å². The highest BCUT2D eigenvalue weighted by molar-refractivity contribution is 6.00. The molecular weight excluding hydrogens is 810 g/mol. The van der Waals surface area contributed by atoms with Crippen molar-refractivity contribution in [2.24, 2.45) is 12.5 Å². The predicted molar refractivity (Wildman–Crippen MR) is 220 cm³/mol. The maximum Gasteiger partial charge on any atom is 0.329 e. The van der Waals surface area contributed by atoms with Crippen LogP contribution >= 0.6 is 0 Å². The molecule has 8 rings (SSSR count). The van der Waals surface area contributed by atoms with Gasteiger partial charge in [-0.2, -0.15) is 9.37 Å². The molecule has 3 amide bonds. The predicted octanol–water partition coefficient (Wildman–Crippen LogP) is 4.69. The lowest BCUT2D eigenvalue weighted by Gasteiger charge is -2.43. The van der Waals surface area contributed by atoms with Crippen molar-refractivity contribution in [2.45, 2.75) is 83.1 Å². The number of piperidine rings is 1. The number of phenols is 1. The van der Waals surface area contributed by atoms with Gasteiger partial charge < -0.3 is 19.8 Å². The topological polar surface area (TPSA) is 194 Å². The molecule has 1 atom stereocenters. The van der Waals surface area contributed by atoms with E-state index in [0.29, 0.717) is 61.2 Å². The van der Waals surface area contributed by atoms with E-state index in [9.17, 15) is 37.5 Å². The molecule has 5 heterocycles. The molecule has 2 saturated heterocycles. The zero-order valence-corrected chi connectivity index (χ0v) is 34.8. The van der Waals surface area contributed by atoms with Crippen LogP contribution in [0.15, 0.2) is 45.8 Å². The lowest BCUT2D eigenvalue weighted by molar-refractivity contribution is -0.135. The highest BCUT2D eigenvalue weighted by Gasteiger charge is 2.44. The Morgan fingerprint density at radius 1 is 1.00 bits per heavy atom. The number of phenolic OH excluding ortho intramolecular Hbond substituents is 1. The summed E-state index contributed by atoms with van der Waals surface area (Å²) in [5, 5.41) is 18.7. The summed E-state index contributed by atoms with van der Waals surface area (Å²) in [5.41, 5.74) is 1.17. The highest BCUT2D eigenvalue weighted by atomic mass is 19.2. The quantitative estimate of drug-likeness (QED) is 0.116. The van der Waals surface area contributed by atoms with Crippen LogP contribution in [0.5, 0.6) is 5.75 Å². The first-order valence-corrected chi connectivity index (χ1v) is 21.0. The minimum Gasteiger partial charge on any atom is -0.503 e. The van der Waals surface area contributed by atoms with E-state index in [1.807, 2.05) is 25.1 Å². The minimum absolute atomic E-state index is 0.151. The van der Waals surface area contributed by atoms with Gasteiger partial charge in [-0.05, 0) is 93.2 Å². The van der Waals surface area contributed by atoms with E-state index in [2.05, 4.69) is 37.5 Å². The van der Waals surface area contributed by atoms with Crippen LogP contribution in [0.25, 0.3) is 22.6 Å². The van der Waals surface area contributed by atoms with Crippen molar-refractivity contribution < 1.29 is 37.2 Å². The van der Waals surface area contributed by atoms with E-state index in [-0.39, 0.29) is 41.3 Å². The fraction of sp³-hybridized carbons (Fsp3) is 0.488. The van der Waals surface area contributed by atoms with Crippen LogP contribution in [-0.2, 0) is 28.5 Å². The first-order chi connectivity index (χ1) is 29.7. The molecule has 1 saturated carbocycles. The van der Waals surface area contributed by atoms with Crippen LogP contribution in [0.4, 0.5) is 19.1 Å². The van der Waals surface area contributed by atoms with Gasteiger partial charge in [0.05, 0.1) is 16.6 Å². The number of aromatic nitrogens is 6. The average Bonchev–Trinajstić information content (AvgIpc) is 3.87. The number of halogens is 3. The Morgan fingerprint density at radius 2 is 1.76 bits per heavy atom. The van der Waals surface area contributed by atoms with Crippen molar-refractivity contribution >= 4 is 34.7 Å². The zero-order valence-electron chi connectivity index (χ0n) is 34.8. The molecule has 1 unspecified atom stereocenters. The number of anilines is 1. The molecule has 3 N–H and O–H groups in total. The summed E-state index contributed by atoms with van der Waals surface area (Å²) in [6.45, 7) is 8.22. The molecular formula is C43H49F3N10O6. The molecule has 3 aromatic heterocycles. The number of hydrogen-bond donors (Lipinski definition) is 3. The van der Waals surface area contributed by atoms with Gasteiger partial charge in [-0.1, -0.05) is 25.1 Å². The molecule has 0 bridgehead atoms. The Bertz CT molecular complexity index is 2590. The van der Waals surface area contributed by atoms with Crippen molar-refractivity contribution in [3.63, 3.8) is 0 Å². The average molecular weight is 859 g/mol. The van der Waals surface area contributed by atoms with Gasteiger partial charge in [-0.25, -0.2) is 23.5 Å². The fourth-order valence-corrected chi connectivity index (χ4v) is 9.02. The second kappa shape index (κ2) is 17.0. The monoisotopic (exact) mass is 858 g/mol. The number of imide groups is 1. The van der Waals surface area contributed by atoms with Gasteiger partial charge in [-0.3, -0.25) is 33.7 Å². The smallest absolute Gasteiger partial charge is 0.329 e. The van der Waals surface area contributed by atoms with Gasteiger partial charge in [0.1, 0.15) is 11.7 Å². The number of aryl methyl sites for hydroxylation is 2. The Labute approximate surface area is 354 Å². The van der Waals surface area contributed by atoms with Gasteiger partial charge in [0.2, 0.25) is 23.6 Å². The molecule has 19 heteroatoms. The van der Waals surface area contributed by atoms with Gasteiger partial charge in [0.15, 0.2) is 23.2 Å². The molecule has 16 nitrogen and oxygen atoms in total. The van der Waals surface area contributed by atoms with E-state index >= 15 is 0 Å². The number of imidazole rings is 1. The number of carbonyl (C=O) groups excluding carboxylic acids is 3. The molecule has 2 aliphatic heterocycles. The van der Waals surface area contributed by atoms with Crippen LogP contribution in [0.1, 0.15) is 93.0 Å². The molecule has 328 valence electrons. The molecule has 5 aromatic rings. The Balaban J connectivity index is 0.831.